The Morgan fingerprint density at radius 2 is 1.68 bits per heavy atom. The van der Waals surface area contributed by atoms with Crippen molar-refractivity contribution in [2.45, 2.75) is 73.3 Å². The molecule has 0 bridgehead atoms. The fourth-order valence-corrected chi connectivity index (χ4v) is 9.29. The number of aromatic carboxylic acids is 1. The monoisotopic (exact) mass is 886 g/mol. The van der Waals surface area contributed by atoms with Crippen LogP contribution in [0.5, 0.6) is 11.5 Å². The summed E-state index contributed by atoms with van der Waals surface area (Å²) in [5.41, 5.74) is 7.97. The highest BCUT2D eigenvalue weighted by atomic mass is 35.5. The Labute approximate surface area is 365 Å². The van der Waals surface area contributed by atoms with Crippen LogP contribution in [0.4, 0.5) is 18.9 Å². The Bertz CT molecular complexity index is 2950. The first-order valence-electron chi connectivity index (χ1n) is 20.0. The summed E-state index contributed by atoms with van der Waals surface area (Å²) in [6.07, 6.45) is -2.57. The third-order valence-electron chi connectivity index (χ3n) is 11.6. The molecule has 0 aliphatic carbocycles. The van der Waals surface area contributed by atoms with Gasteiger partial charge in [-0.05, 0) is 125 Å². The van der Waals surface area contributed by atoms with Gasteiger partial charge in [0.15, 0.2) is 5.69 Å². The van der Waals surface area contributed by atoms with E-state index in [0.717, 1.165) is 56.7 Å². The van der Waals surface area contributed by atoms with Gasteiger partial charge in [0.05, 0.1) is 46.3 Å². The van der Waals surface area contributed by atoms with E-state index < -0.39 is 30.0 Å². The molecule has 0 fully saturated rings. The normalized spacial score (nSPS) is 14.3. The number of carboxylic acids is 1. The predicted molar refractivity (Wildman–Crippen MR) is 233 cm³/mol. The second kappa shape index (κ2) is 16.0. The second-order valence-corrected chi connectivity index (χ2v) is 16.7. The lowest BCUT2D eigenvalue weighted by Crippen LogP contribution is -2.43. The van der Waals surface area contributed by atoms with Crippen LogP contribution in [0, 0.1) is 34.6 Å². The number of amides is 1. The topological polar surface area (TPSA) is 117 Å². The number of fused-ring (bicyclic) bond motifs is 4. The summed E-state index contributed by atoms with van der Waals surface area (Å²) in [6, 6.07) is 14.2. The van der Waals surface area contributed by atoms with Crippen molar-refractivity contribution in [3.05, 3.63) is 122 Å². The number of hydrogen-bond donors (Lipinski definition) is 1. The zero-order valence-electron chi connectivity index (χ0n) is 35.0. The van der Waals surface area contributed by atoms with Gasteiger partial charge in [0.25, 0.3) is 5.91 Å². The van der Waals surface area contributed by atoms with E-state index in [9.17, 15) is 23.1 Å². The van der Waals surface area contributed by atoms with Gasteiger partial charge in [-0.25, -0.2) is 4.79 Å². The lowest BCUT2D eigenvalue weighted by molar-refractivity contribution is -0.274. The molecule has 11 nitrogen and oxygen atoms in total. The number of halogens is 5. The standard InChI is InChI=1S/C46H43Cl2F3N6O5/c1-23-14-15-52-29(17-23)22-55-36-13-10-30(62-46(49,50)51)20-34(36)41(43(55)45(59)60)56-21-26(4)57-40-33(11-12-35(47)38(40)37-27(5)53-54(7)28(37)6)32(42(57)44(56)58)9-8-16-61-31-18-24(2)39(48)25(3)19-31/h10-15,17-20,26H,8-9,16,21-22H2,1-7H3,(H,59,60)/t26-/m1/s1. The van der Waals surface area contributed by atoms with E-state index in [1.165, 1.54) is 15.5 Å². The number of anilines is 1. The number of pyridine rings is 1. The van der Waals surface area contributed by atoms with Crippen LogP contribution in [-0.2, 0) is 20.0 Å². The van der Waals surface area contributed by atoms with Crippen molar-refractivity contribution in [2.75, 3.05) is 18.1 Å². The van der Waals surface area contributed by atoms with E-state index in [1.807, 2.05) is 71.4 Å². The molecule has 1 atom stereocenters. The lowest BCUT2D eigenvalue weighted by Gasteiger charge is -2.34. The molecule has 1 aliphatic heterocycles. The molecular formula is C46H43Cl2F3N6O5. The number of aromatic nitrogens is 5. The minimum absolute atomic E-state index is 0.0309. The molecule has 5 heterocycles. The molecule has 1 amide bonds. The summed E-state index contributed by atoms with van der Waals surface area (Å²) in [5.74, 6) is -1.81. The van der Waals surface area contributed by atoms with Gasteiger partial charge in [-0.3, -0.25) is 14.5 Å². The highest BCUT2D eigenvalue weighted by Gasteiger charge is 2.40. The van der Waals surface area contributed by atoms with Crippen molar-refractivity contribution in [1.29, 1.82) is 0 Å². The lowest BCUT2D eigenvalue weighted by atomic mass is 9.98. The molecule has 62 heavy (non-hydrogen) atoms. The van der Waals surface area contributed by atoms with Crippen molar-refractivity contribution in [3.63, 3.8) is 0 Å². The highest BCUT2D eigenvalue weighted by Crippen LogP contribution is 2.47. The van der Waals surface area contributed by atoms with Gasteiger partial charge in [0.1, 0.15) is 17.2 Å². The summed E-state index contributed by atoms with van der Waals surface area (Å²) >= 11 is 13.5. The molecule has 0 saturated heterocycles. The molecule has 1 aliphatic rings. The molecule has 3 aromatic carbocycles. The molecule has 0 unspecified atom stereocenters. The fourth-order valence-electron chi connectivity index (χ4n) is 8.94. The molecule has 322 valence electrons. The number of nitrogens with zero attached hydrogens (tertiary/aromatic N) is 6. The number of carboxylic acid groups (broad SMARTS) is 1. The maximum Gasteiger partial charge on any atom is 0.573 e. The van der Waals surface area contributed by atoms with Crippen LogP contribution in [0.1, 0.15) is 79.7 Å². The van der Waals surface area contributed by atoms with E-state index in [1.54, 1.807) is 29.1 Å². The van der Waals surface area contributed by atoms with E-state index in [4.69, 9.17) is 27.9 Å². The quantitative estimate of drug-likeness (QED) is 0.129. The summed E-state index contributed by atoms with van der Waals surface area (Å²) in [5, 5.41) is 17.6. The zero-order chi connectivity index (χ0) is 44.5. The van der Waals surface area contributed by atoms with Crippen molar-refractivity contribution >= 4 is 62.6 Å². The maximum atomic E-state index is 15.5. The largest absolute Gasteiger partial charge is 0.573 e. The number of hydrogen-bond acceptors (Lipinski definition) is 6. The van der Waals surface area contributed by atoms with Crippen LogP contribution >= 0.6 is 23.2 Å². The number of benzene rings is 3. The SMILES string of the molecule is Cc1ccnc(Cn2c(C(=O)O)c(N3C[C@@H](C)n4c(c(CCCOc5cc(C)c(Cl)c(C)c5)c5ccc(Cl)c(-c6c(C)nn(C)c6C)c54)C3=O)c3cc(OC(F)(F)F)ccc32)c1. The molecule has 16 heteroatoms. The molecule has 1 N–H and O–H groups in total. The Morgan fingerprint density at radius 3 is 2.32 bits per heavy atom. The summed E-state index contributed by atoms with van der Waals surface area (Å²) < 4.78 is 56.7. The summed E-state index contributed by atoms with van der Waals surface area (Å²) in [6.45, 7) is 11.7. The van der Waals surface area contributed by atoms with Crippen molar-refractivity contribution in [2.24, 2.45) is 7.05 Å². The van der Waals surface area contributed by atoms with Crippen LogP contribution < -0.4 is 14.4 Å². The van der Waals surface area contributed by atoms with Crippen LogP contribution in [-0.4, -0.2) is 60.4 Å². The summed E-state index contributed by atoms with van der Waals surface area (Å²) in [7, 11) is 1.85. The molecule has 4 aromatic heterocycles. The molecular weight excluding hydrogens is 844 g/mol. The van der Waals surface area contributed by atoms with Crippen LogP contribution in [0.15, 0.2) is 60.8 Å². The fraction of sp³-hybridized carbons (Fsp3) is 0.304. The first-order chi connectivity index (χ1) is 29.3. The average molecular weight is 888 g/mol. The van der Waals surface area contributed by atoms with Crippen molar-refractivity contribution in [1.82, 2.24) is 23.9 Å². The third-order valence-corrected chi connectivity index (χ3v) is 12.5. The van der Waals surface area contributed by atoms with Crippen LogP contribution in [0.2, 0.25) is 10.0 Å². The Balaban J connectivity index is 1.33. The maximum absolute atomic E-state index is 15.5. The van der Waals surface area contributed by atoms with Gasteiger partial charge in [0.2, 0.25) is 0 Å². The molecule has 7 aromatic rings. The minimum atomic E-state index is -5.03. The molecule has 0 radical (unpaired) electrons. The van der Waals surface area contributed by atoms with E-state index >= 15 is 4.79 Å². The molecule has 0 spiro atoms. The van der Waals surface area contributed by atoms with E-state index in [-0.39, 0.29) is 35.4 Å². The zero-order valence-corrected chi connectivity index (χ0v) is 36.6. The van der Waals surface area contributed by atoms with E-state index in [2.05, 4.69) is 14.8 Å². The van der Waals surface area contributed by atoms with Gasteiger partial charge < -0.3 is 28.6 Å². The van der Waals surface area contributed by atoms with E-state index in [0.29, 0.717) is 57.8 Å². The van der Waals surface area contributed by atoms with Crippen molar-refractivity contribution in [3.8, 4) is 22.6 Å². The minimum Gasteiger partial charge on any atom is -0.494 e. The first kappa shape index (κ1) is 42.7. The van der Waals surface area contributed by atoms with Crippen LogP contribution in [0.25, 0.3) is 32.9 Å². The first-order valence-corrected chi connectivity index (χ1v) is 20.7. The smallest absolute Gasteiger partial charge is 0.494 e. The van der Waals surface area contributed by atoms with Crippen LogP contribution in [0.3, 0.4) is 0 Å². The Kier molecular flexibility index (Phi) is 11.0. The second-order valence-electron chi connectivity index (χ2n) is 15.9. The number of alkyl halides is 3. The number of aryl methyl sites for hydroxylation is 6. The third kappa shape index (κ3) is 7.53. The Morgan fingerprint density at radius 1 is 0.952 bits per heavy atom. The Hall–Kier alpha value is -5.99. The number of carbonyl (C=O) groups excluding carboxylic acids is 1. The van der Waals surface area contributed by atoms with Gasteiger partial charge in [-0.2, -0.15) is 5.10 Å². The molecule has 0 saturated carbocycles. The number of ether oxygens (including phenoxy) is 2. The summed E-state index contributed by atoms with van der Waals surface area (Å²) in [4.78, 5) is 34.8. The number of carbonyl (C=O) groups is 2. The molecule has 8 rings (SSSR count). The highest BCUT2D eigenvalue weighted by molar-refractivity contribution is 6.35. The van der Waals surface area contributed by atoms with Gasteiger partial charge in [0, 0.05) is 58.4 Å². The van der Waals surface area contributed by atoms with Gasteiger partial charge in [-0.15, -0.1) is 13.2 Å². The van der Waals surface area contributed by atoms with Gasteiger partial charge >= 0.3 is 12.3 Å². The number of rotatable bonds is 11. The van der Waals surface area contributed by atoms with Crippen molar-refractivity contribution < 1.29 is 37.3 Å². The van der Waals surface area contributed by atoms with Gasteiger partial charge in [-0.1, -0.05) is 29.3 Å². The average Bonchev–Trinajstić information content (AvgIpc) is 3.78. The predicted octanol–water partition coefficient (Wildman–Crippen LogP) is 11.1.